The fourth-order valence-electron chi connectivity index (χ4n) is 3.57. The van der Waals surface area contributed by atoms with Crippen LogP contribution >= 0.6 is 24.0 Å². The van der Waals surface area contributed by atoms with E-state index in [1.54, 1.807) is 14.2 Å². The highest BCUT2D eigenvalue weighted by Gasteiger charge is 2.23. The molecule has 3 rings (SSSR count). The summed E-state index contributed by atoms with van der Waals surface area (Å²) in [6.07, 6.45) is 0. The van der Waals surface area contributed by atoms with E-state index in [4.69, 9.17) is 9.47 Å². The highest BCUT2D eigenvalue weighted by Crippen LogP contribution is 2.22. The number of rotatable bonds is 7. The van der Waals surface area contributed by atoms with E-state index in [9.17, 15) is 0 Å². The van der Waals surface area contributed by atoms with Crippen molar-refractivity contribution in [2.75, 3.05) is 47.0 Å². The number of guanidine groups is 1. The molecular formula is C23H33IN4O2. The highest BCUT2D eigenvalue weighted by molar-refractivity contribution is 14.0. The second kappa shape index (κ2) is 12.8. The Morgan fingerprint density at radius 1 is 1.13 bits per heavy atom. The molecule has 0 bridgehead atoms. The maximum Gasteiger partial charge on any atom is 0.191 e. The number of nitrogens with zero attached hydrogens (tertiary/aromatic N) is 2. The summed E-state index contributed by atoms with van der Waals surface area (Å²) in [6.45, 7) is 7.08. The quantitative estimate of drug-likeness (QED) is 0.331. The molecule has 6 nitrogen and oxygen atoms in total. The Kier molecular flexibility index (Phi) is 10.4. The average Bonchev–Trinajstić information content (AvgIpc) is 2.77. The van der Waals surface area contributed by atoms with E-state index in [2.05, 4.69) is 63.8 Å². The van der Waals surface area contributed by atoms with Gasteiger partial charge in [0.2, 0.25) is 0 Å². The Balaban J connectivity index is 0.00000320. The number of halogens is 1. The van der Waals surface area contributed by atoms with Gasteiger partial charge in [0.15, 0.2) is 5.96 Å². The van der Waals surface area contributed by atoms with E-state index in [1.165, 1.54) is 16.7 Å². The smallest absolute Gasteiger partial charge is 0.191 e. The first-order valence-corrected chi connectivity index (χ1v) is 10.2. The molecule has 0 radical (unpaired) electrons. The van der Waals surface area contributed by atoms with Gasteiger partial charge in [-0.1, -0.05) is 42.0 Å². The molecule has 1 fully saturated rings. The maximum atomic E-state index is 5.55. The zero-order valence-electron chi connectivity index (χ0n) is 18.1. The Hall–Kier alpha value is -1.84. The topological polar surface area (TPSA) is 58.1 Å². The first-order valence-electron chi connectivity index (χ1n) is 10.2. The van der Waals surface area contributed by atoms with Crippen LogP contribution in [0.4, 0.5) is 0 Å². The molecule has 0 saturated carbocycles. The van der Waals surface area contributed by atoms with Crippen LogP contribution in [-0.2, 0) is 11.3 Å². The van der Waals surface area contributed by atoms with E-state index in [-0.39, 0.29) is 30.0 Å². The molecule has 1 saturated heterocycles. The molecule has 1 aliphatic heterocycles. The minimum atomic E-state index is 0. The number of aryl methyl sites for hydroxylation is 1. The van der Waals surface area contributed by atoms with Crippen LogP contribution in [0.3, 0.4) is 0 Å². The molecule has 30 heavy (non-hydrogen) atoms. The molecule has 1 unspecified atom stereocenters. The molecule has 0 aromatic heterocycles. The number of hydrogen-bond acceptors (Lipinski definition) is 4. The van der Waals surface area contributed by atoms with E-state index < -0.39 is 0 Å². The van der Waals surface area contributed by atoms with Gasteiger partial charge in [-0.05, 0) is 30.2 Å². The number of hydrogen-bond donors (Lipinski definition) is 2. The molecule has 1 heterocycles. The molecular weight excluding hydrogens is 491 g/mol. The number of benzene rings is 2. The molecule has 1 atom stereocenters. The van der Waals surface area contributed by atoms with Crippen molar-refractivity contribution in [2.45, 2.75) is 19.5 Å². The SMILES string of the molecule is CN=C(NCc1ccc(OC)cc1)NCC(c1cccc(C)c1)N1CCOCC1.I. The Morgan fingerprint density at radius 3 is 2.50 bits per heavy atom. The van der Waals surface area contributed by atoms with Crippen LogP contribution in [-0.4, -0.2) is 57.9 Å². The van der Waals surface area contributed by atoms with Crippen LogP contribution in [0.5, 0.6) is 5.75 Å². The van der Waals surface area contributed by atoms with Gasteiger partial charge < -0.3 is 20.1 Å². The van der Waals surface area contributed by atoms with Crippen LogP contribution in [0.2, 0.25) is 0 Å². The molecule has 2 aromatic carbocycles. The van der Waals surface area contributed by atoms with Gasteiger partial charge >= 0.3 is 0 Å². The van der Waals surface area contributed by atoms with Gasteiger partial charge in [0.25, 0.3) is 0 Å². The van der Waals surface area contributed by atoms with Crippen LogP contribution < -0.4 is 15.4 Å². The third-order valence-electron chi connectivity index (χ3n) is 5.22. The fraction of sp³-hybridized carbons (Fsp3) is 0.435. The van der Waals surface area contributed by atoms with Gasteiger partial charge in [0.05, 0.1) is 26.4 Å². The third kappa shape index (κ3) is 7.14. The van der Waals surface area contributed by atoms with Crippen molar-refractivity contribution in [3.8, 4) is 5.75 Å². The normalized spacial score (nSPS) is 15.8. The summed E-state index contributed by atoms with van der Waals surface area (Å²) in [5, 5.41) is 6.91. The maximum absolute atomic E-state index is 5.55. The van der Waals surface area contributed by atoms with Crippen LogP contribution in [0.1, 0.15) is 22.7 Å². The number of ether oxygens (including phenoxy) is 2. The summed E-state index contributed by atoms with van der Waals surface area (Å²) in [6, 6.07) is 17.1. The second-order valence-electron chi connectivity index (χ2n) is 7.23. The van der Waals surface area contributed by atoms with Crippen LogP contribution in [0, 0.1) is 6.92 Å². The molecule has 1 aliphatic rings. The minimum absolute atomic E-state index is 0. The van der Waals surface area contributed by atoms with Gasteiger partial charge in [-0.2, -0.15) is 0 Å². The Bertz CT molecular complexity index is 792. The van der Waals surface area contributed by atoms with Crippen molar-refractivity contribution in [2.24, 2.45) is 4.99 Å². The van der Waals surface area contributed by atoms with Gasteiger partial charge in [0, 0.05) is 33.2 Å². The highest BCUT2D eigenvalue weighted by atomic mass is 127. The van der Waals surface area contributed by atoms with Crippen molar-refractivity contribution >= 4 is 29.9 Å². The molecule has 2 N–H and O–H groups in total. The lowest BCUT2D eigenvalue weighted by molar-refractivity contribution is 0.0170. The van der Waals surface area contributed by atoms with E-state index in [0.29, 0.717) is 6.54 Å². The number of morpholine rings is 1. The molecule has 0 spiro atoms. The molecule has 0 amide bonds. The summed E-state index contributed by atoms with van der Waals surface area (Å²) >= 11 is 0. The molecule has 2 aromatic rings. The van der Waals surface area contributed by atoms with Crippen molar-refractivity contribution < 1.29 is 9.47 Å². The molecule has 7 heteroatoms. The average molecular weight is 524 g/mol. The molecule has 164 valence electrons. The lowest BCUT2D eigenvalue weighted by Gasteiger charge is -2.35. The third-order valence-corrected chi connectivity index (χ3v) is 5.22. The zero-order valence-corrected chi connectivity index (χ0v) is 20.4. The van der Waals surface area contributed by atoms with Gasteiger partial charge in [-0.15, -0.1) is 24.0 Å². The summed E-state index contributed by atoms with van der Waals surface area (Å²) in [5.74, 6) is 1.66. The fourth-order valence-corrected chi connectivity index (χ4v) is 3.57. The Labute approximate surface area is 197 Å². The summed E-state index contributed by atoms with van der Waals surface area (Å²) in [5.41, 5.74) is 3.78. The lowest BCUT2D eigenvalue weighted by Crippen LogP contribution is -2.46. The zero-order chi connectivity index (χ0) is 20.5. The van der Waals surface area contributed by atoms with Gasteiger partial charge in [-0.3, -0.25) is 9.89 Å². The lowest BCUT2D eigenvalue weighted by atomic mass is 10.0. The molecule has 0 aliphatic carbocycles. The van der Waals surface area contributed by atoms with Gasteiger partial charge in [-0.25, -0.2) is 0 Å². The van der Waals surface area contributed by atoms with Crippen molar-refractivity contribution in [3.63, 3.8) is 0 Å². The predicted molar refractivity (Wildman–Crippen MR) is 133 cm³/mol. The Morgan fingerprint density at radius 2 is 1.87 bits per heavy atom. The van der Waals surface area contributed by atoms with E-state index in [1.807, 2.05) is 12.1 Å². The standard InChI is InChI=1S/C23H32N4O2.HI/c1-18-5-4-6-20(15-18)22(27-11-13-29-14-12-27)17-26-23(24-2)25-16-19-7-9-21(28-3)10-8-19;/h4-10,15,22H,11-14,16-17H2,1-3H3,(H2,24,25,26);1H. The second-order valence-corrected chi connectivity index (χ2v) is 7.23. The summed E-state index contributed by atoms with van der Waals surface area (Å²) in [7, 11) is 3.48. The number of nitrogens with one attached hydrogen (secondary N) is 2. The monoisotopic (exact) mass is 524 g/mol. The van der Waals surface area contributed by atoms with E-state index in [0.717, 1.165) is 44.6 Å². The summed E-state index contributed by atoms with van der Waals surface area (Å²) < 4.78 is 10.8. The van der Waals surface area contributed by atoms with E-state index >= 15 is 0 Å². The first-order chi connectivity index (χ1) is 14.2. The van der Waals surface area contributed by atoms with Crippen LogP contribution in [0.15, 0.2) is 53.5 Å². The number of aliphatic imine (C=N–C) groups is 1. The van der Waals surface area contributed by atoms with Gasteiger partial charge in [0.1, 0.15) is 5.75 Å². The van der Waals surface area contributed by atoms with Crippen molar-refractivity contribution in [1.82, 2.24) is 15.5 Å². The minimum Gasteiger partial charge on any atom is -0.497 e. The largest absolute Gasteiger partial charge is 0.497 e. The summed E-state index contributed by atoms with van der Waals surface area (Å²) in [4.78, 5) is 6.88. The number of methoxy groups -OCH3 is 1. The van der Waals surface area contributed by atoms with Crippen LogP contribution in [0.25, 0.3) is 0 Å². The first kappa shape index (κ1) is 24.4. The predicted octanol–water partition coefficient (Wildman–Crippen LogP) is 3.36. The van der Waals surface area contributed by atoms with Crippen molar-refractivity contribution in [1.29, 1.82) is 0 Å². The van der Waals surface area contributed by atoms with Crippen molar-refractivity contribution in [3.05, 3.63) is 65.2 Å².